The van der Waals surface area contributed by atoms with Crippen molar-refractivity contribution < 1.29 is 9.72 Å². The van der Waals surface area contributed by atoms with Crippen molar-refractivity contribution in [3.63, 3.8) is 0 Å². The fraction of sp³-hybridized carbons (Fsp3) is 0.417. The highest BCUT2D eigenvalue weighted by molar-refractivity contribution is 5.97. The number of carbonyl (C=O) groups excluding carboxylic acids is 1. The summed E-state index contributed by atoms with van der Waals surface area (Å²) in [5.74, 6) is 0.0228. The van der Waals surface area contributed by atoms with Gasteiger partial charge in [0.25, 0.3) is 0 Å². The molecular weight excluding hydrogens is 220 g/mol. The van der Waals surface area contributed by atoms with Gasteiger partial charge in [-0.25, -0.2) is 0 Å². The molecule has 5 heteroatoms. The summed E-state index contributed by atoms with van der Waals surface area (Å²) < 4.78 is 0. The Morgan fingerprint density at radius 1 is 1.41 bits per heavy atom. The Labute approximate surface area is 99.2 Å². The van der Waals surface area contributed by atoms with E-state index in [2.05, 4.69) is 0 Å². The van der Waals surface area contributed by atoms with Crippen LogP contribution in [0.4, 0.5) is 0 Å². The molecule has 0 aromatic heterocycles. The molecule has 0 aliphatic carbocycles. The molecule has 1 fully saturated rings. The topological polar surface area (TPSA) is 63.5 Å². The summed E-state index contributed by atoms with van der Waals surface area (Å²) >= 11 is 0. The Morgan fingerprint density at radius 3 is 2.71 bits per heavy atom. The van der Waals surface area contributed by atoms with Crippen LogP contribution in [0.15, 0.2) is 30.3 Å². The number of hydrogen-bond donors (Lipinski definition) is 0. The van der Waals surface area contributed by atoms with E-state index in [0.717, 1.165) is 0 Å². The number of likely N-dealkylation sites (tertiary alicyclic amines) is 1. The highest BCUT2D eigenvalue weighted by atomic mass is 16.6. The van der Waals surface area contributed by atoms with E-state index >= 15 is 0 Å². The SMILES string of the molecule is O=C(CN1CCC([N+](=O)[O-])C1)c1ccccc1. The standard InChI is InChI=1S/C12H14N2O3/c15-12(10-4-2-1-3-5-10)9-13-7-6-11(8-13)14(16)17/h1-5,11H,6-9H2. The van der Waals surface area contributed by atoms with Crippen LogP contribution in [0, 0.1) is 10.1 Å². The van der Waals surface area contributed by atoms with Crippen LogP contribution in [0.1, 0.15) is 16.8 Å². The molecule has 0 saturated carbocycles. The second-order valence-electron chi connectivity index (χ2n) is 4.25. The first kappa shape index (κ1) is 11.7. The van der Waals surface area contributed by atoms with Crippen molar-refractivity contribution in [3.05, 3.63) is 46.0 Å². The number of hydrogen-bond acceptors (Lipinski definition) is 4. The van der Waals surface area contributed by atoms with Gasteiger partial charge < -0.3 is 0 Å². The summed E-state index contributed by atoms with van der Waals surface area (Å²) in [6, 6.07) is 8.51. The molecular formula is C12H14N2O3. The lowest BCUT2D eigenvalue weighted by Gasteiger charge is -2.12. The van der Waals surface area contributed by atoms with E-state index in [4.69, 9.17) is 0 Å². The number of nitrogens with zero attached hydrogens (tertiary/aromatic N) is 2. The molecule has 1 heterocycles. The first-order valence-electron chi connectivity index (χ1n) is 5.61. The molecule has 1 aliphatic rings. The third kappa shape index (κ3) is 2.88. The van der Waals surface area contributed by atoms with E-state index in [1.165, 1.54) is 0 Å². The van der Waals surface area contributed by atoms with Crippen LogP contribution in [0.3, 0.4) is 0 Å². The molecule has 1 aromatic carbocycles. The van der Waals surface area contributed by atoms with Gasteiger partial charge in [0.2, 0.25) is 6.04 Å². The fourth-order valence-corrected chi connectivity index (χ4v) is 2.05. The second-order valence-corrected chi connectivity index (χ2v) is 4.25. The van der Waals surface area contributed by atoms with E-state index in [1.54, 1.807) is 12.1 Å². The maximum absolute atomic E-state index is 11.9. The van der Waals surface area contributed by atoms with Crippen molar-refractivity contribution in [1.29, 1.82) is 0 Å². The Bertz CT molecular complexity index is 419. The van der Waals surface area contributed by atoms with Crippen molar-refractivity contribution >= 4 is 5.78 Å². The Kier molecular flexibility index (Phi) is 3.49. The summed E-state index contributed by atoms with van der Waals surface area (Å²) in [7, 11) is 0. The predicted molar refractivity (Wildman–Crippen MR) is 62.6 cm³/mol. The molecule has 0 N–H and O–H groups in total. The van der Waals surface area contributed by atoms with Crippen LogP contribution < -0.4 is 0 Å². The molecule has 1 atom stereocenters. The number of ketones is 1. The average molecular weight is 234 g/mol. The van der Waals surface area contributed by atoms with Crippen molar-refractivity contribution in [3.8, 4) is 0 Å². The van der Waals surface area contributed by atoms with Crippen LogP contribution in [0.25, 0.3) is 0 Å². The second kappa shape index (κ2) is 5.05. The van der Waals surface area contributed by atoms with Crippen molar-refractivity contribution in [2.45, 2.75) is 12.5 Å². The minimum absolute atomic E-state index is 0.0228. The van der Waals surface area contributed by atoms with Crippen LogP contribution in [0.2, 0.25) is 0 Å². The Hall–Kier alpha value is -1.75. The van der Waals surface area contributed by atoms with Gasteiger partial charge in [0.15, 0.2) is 5.78 Å². The van der Waals surface area contributed by atoms with Crippen molar-refractivity contribution in [2.24, 2.45) is 0 Å². The van der Waals surface area contributed by atoms with Crippen LogP contribution in [0.5, 0.6) is 0 Å². The Morgan fingerprint density at radius 2 is 2.12 bits per heavy atom. The van der Waals surface area contributed by atoms with E-state index < -0.39 is 6.04 Å². The number of benzene rings is 1. The largest absolute Gasteiger partial charge is 0.293 e. The molecule has 0 spiro atoms. The zero-order chi connectivity index (χ0) is 12.3. The number of rotatable bonds is 4. The predicted octanol–water partition coefficient (Wildman–Crippen LogP) is 1.22. The normalized spacial score (nSPS) is 20.4. The molecule has 0 radical (unpaired) electrons. The molecule has 1 aromatic rings. The lowest BCUT2D eigenvalue weighted by molar-refractivity contribution is -0.518. The molecule has 1 saturated heterocycles. The van der Waals surface area contributed by atoms with Gasteiger partial charge in [0.1, 0.15) is 0 Å². The van der Waals surface area contributed by atoms with Gasteiger partial charge in [-0.15, -0.1) is 0 Å². The van der Waals surface area contributed by atoms with E-state index in [0.29, 0.717) is 25.1 Å². The number of carbonyl (C=O) groups is 1. The monoisotopic (exact) mass is 234 g/mol. The smallest absolute Gasteiger partial charge is 0.226 e. The summed E-state index contributed by atoms with van der Waals surface area (Å²) in [6.45, 7) is 1.28. The van der Waals surface area contributed by atoms with Crippen molar-refractivity contribution in [1.82, 2.24) is 4.90 Å². The highest BCUT2D eigenvalue weighted by Gasteiger charge is 2.31. The lowest BCUT2D eigenvalue weighted by atomic mass is 10.1. The van der Waals surface area contributed by atoms with Gasteiger partial charge in [-0.2, -0.15) is 0 Å². The third-order valence-corrected chi connectivity index (χ3v) is 3.01. The van der Waals surface area contributed by atoms with E-state index in [1.807, 2.05) is 23.1 Å². The van der Waals surface area contributed by atoms with Gasteiger partial charge in [-0.1, -0.05) is 30.3 Å². The first-order valence-corrected chi connectivity index (χ1v) is 5.61. The molecule has 0 bridgehead atoms. The minimum Gasteiger partial charge on any atom is -0.293 e. The molecule has 1 aliphatic heterocycles. The van der Waals surface area contributed by atoms with Crippen LogP contribution in [-0.2, 0) is 0 Å². The molecule has 0 amide bonds. The zero-order valence-electron chi connectivity index (χ0n) is 9.41. The van der Waals surface area contributed by atoms with Crippen molar-refractivity contribution in [2.75, 3.05) is 19.6 Å². The third-order valence-electron chi connectivity index (χ3n) is 3.01. The number of Topliss-reactive ketones (excluding diaryl/α,β-unsaturated/α-hetero) is 1. The quantitative estimate of drug-likeness (QED) is 0.446. The highest BCUT2D eigenvalue weighted by Crippen LogP contribution is 2.12. The van der Waals surface area contributed by atoms with E-state index in [-0.39, 0.29) is 17.3 Å². The maximum atomic E-state index is 11.9. The van der Waals surface area contributed by atoms with Gasteiger partial charge >= 0.3 is 0 Å². The van der Waals surface area contributed by atoms with Gasteiger partial charge in [0.05, 0.1) is 13.1 Å². The van der Waals surface area contributed by atoms with E-state index in [9.17, 15) is 14.9 Å². The Balaban J connectivity index is 1.91. The zero-order valence-corrected chi connectivity index (χ0v) is 9.41. The average Bonchev–Trinajstić information content (AvgIpc) is 2.79. The van der Waals surface area contributed by atoms with Gasteiger partial charge in [0, 0.05) is 23.5 Å². The molecule has 17 heavy (non-hydrogen) atoms. The first-order chi connectivity index (χ1) is 8.16. The van der Waals surface area contributed by atoms with Crippen LogP contribution in [-0.4, -0.2) is 41.3 Å². The molecule has 90 valence electrons. The molecule has 1 unspecified atom stereocenters. The summed E-state index contributed by atoms with van der Waals surface area (Å²) in [5, 5.41) is 10.6. The minimum atomic E-state index is -0.515. The summed E-state index contributed by atoms with van der Waals surface area (Å²) in [4.78, 5) is 24.1. The molecule has 2 rings (SSSR count). The fourth-order valence-electron chi connectivity index (χ4n) is 2.05. The summed E-state index contributed by atoms with van der Waals surface area (Å²) in [6.07, 6.45) is 0.537. The lowest BCUT2D eigenvalue weighted by Crippen LogP contribution is -2.30. The summed E-state index contributed by atoms with van der Waals surface area (Å²) in [5.41, 5.74) is 0.664. The maximum Gasteiger partial charge on any atom is 0.226 e. The van der Waals surface area contributed by atoms with Crippen LogP contribution >= 0.6 is 0 Å². The van der Waals surface area contributed by atoms with Gasteiger partial charge in [-0.05, 0) is 0 Å². The number of nitro groups is 1. The van der Waals surface area contributed by atoms with Gasteiger partial charge in [-0.3, -0.25) is 19.8 Å². The molecule has 5 nitrogen and oxygen atoms in total.